The molecule has 0 aliphatic rings. The molecule has 134 valence electrons. The Hall–Kier alpha value is -2.16. The molecule has 25 heavy (non-hydrogen) atoms. The Morgan fingerprint density at radius 1 is 0.760 bits per heavy atom. The number of hydrogen-bond donors (Lipinski definition) is 1. The molecule has 0 spiro atoms. The first-order chi connectivity index (χ1) is 11.8. The van der Waals surface area contributed by atoms with Gasteiger partial charge in [-0.2, -0.15) is 0 Å². The summed E-state index contributed by atoms with van der Waals surface area (Å²) in [4.78, 5) is 0. The topological polar surface area (TPSA) is 20.2 Å². The second-order valence-electron chi connectivity index (χ2n) is 7.18. The molecule has 3 heteroatoms. The minimum Gasteiger partial charge on any atom is -0.516 e. The average molecular weight is 344 g/mol. The molecule has 2 aromatic carbocycles. The SMILES string of the molecule is CC(C)C(/C(=C/O)C(c1ccc(F)cc1)c1ccc(F)cc1)C(C)C. The van der Waals surface area contributed by atoms with Crippen molar-refractivity contribution in [2.45, 2.75) is 33.6 Å². The van der Waals surface area contributed by atoms with Crippen molar-refractivity contribution in [3.05, 3.63) is 83.1 Å². The monoisotopic (exact) mass is 344 g/mol. The molecule has 0 heterocycles. The maximum absolute atomic E-state index is 13.4. The van der Waals surface area contributed by atoms with Crippen molar-refractivity contribution in [1.82, 2.24) is 0 Å². The molecule has 1 nitrogen and oxygen atoms in total. The highest BCUT2D eigenvalue weighted by Crippen LogP contribution is 2.41. The Morgan fingerprint density at radius 3 is 1.40 bits per heavy atom. The van der Waals surface area contributed by atoms with Crippen LogP contribution in [0.4, 0.5) is 8.78 Å². The van der Waals surface area contributed by atoms with Gasteiger partial charge in [0.15, 0.2) is 0 Å². The second-order valence-corrected chi connectivity index (χ2v) is 7.18. The molecule has 0 aromatic heterocycles. The van der Waals surface area contributed by atoms with Gasteiger partial charge in [0.05, 0.1) is 6.26 Å². The highest BCUT2D eigenvalue weighted by molar-refractivity contribution is 5.41. The zero-order chi connectivity index (χ0) is 18.6. The zero-order valence-corrected chi connectivity index (χ0v) is 15.2. The summed E-state index contributed by atoms with van der Waals surface area (Å²) in [6.07, 6.45) is 1.18. The van der Waals surface area contributed by atoms with Crippen molar-refractivity contribution < 1.29 is 13.9 Å². The maximum atomic E-state index is 13.4. The first-order valence-corrected chi connectivity index (χ1v) is 8.70. The highest BCUT2D eigenvalue weighted by Gasteiger charge is 2.30. The van der Waals surface area contributed by atoms with Gasteiger partial charge in [-0.1, -0.05) is 52.0 Å². The number of rotatable bonds is 6. The van der Waals surface area contributed by atoms with Crippen LogP contribution in [-0.2, 0) is 0 Å². The van der Waals surface area contributed by atoms with Gasteiger partial charge in [0, 0.05) is 5.92 Å². The fraction of sp³-hybridized carbons (Fsp3) is 0.364. The van der Waals surface area contributed by atoms with Crippen LogP contribution in [0.2, 0.25) is 0 Å². The van der Waals surface area contributed by atoms with Gasteiger partial charge in [0.25, 0.3) is 0 Å². The summed E-state index contributed by atoms with van der Waals surface area (Å²) >= 11 is 0. The zero-order valence-electron chi connectivity index (χ0n) is 15.2. The predicted molar refractivity (Wildman–Crippen MR) is 98.5 cm³/mol. The van der Waals surface area contributed by atoms with Crippen molar-refractivity contribution in [2.75, 3.05) is 0 Å². The lowest BCUT2D eigenvalue weighted by molar-refractivity contribution is 0.313. The van der Waals surface area contributed by atoms with Crippen LogP contribution in [0.3, 0.4) is 0 Å². The predicted octanol–water partition coefficient (Wildman–Crippen LogP) is 6.47. The first-order valence-electron chi connectivity index (χ1n) is 8.70. The molecule has 0 aliphatic heterocycles. The van der Waals surface area contributed by atoms with Crippen LogP contribution >= 0.6 is 0 Å². The molecule has 2 rings (SSSR count). The second kappa shape index (κ2) is 8.28. The third-order valence-electron chi connectivity index (χ3n) is 4.71. The minimum absolute atomic E-state index is 0.144. The Labute approximate surface area is 149 Å². The quantitative estimate of drug-likeness (QED) is 0.596. The molecule has 0 unspecified atom stereocenters. The number of aliphatic hydroxyl groups is 1. The van der Waals surface area contributed by atoms with Crippen LogP contribution < -0.4 is 0 Å². The molecule has 0 fully saturated rings. The molecule has 0 amide bonds. The molecule has 0 atom stereocenters. The molecular weight excluding hydrogens is 318 g/mol. The molecule has 0 bridgehead atoms. The standard InChI is InChI=1S/C22H26F2O/c1-14(2)21(15(3)4)20(13-25)22(16-5-9-18(23)10-6-16)17-7-11-19(24)12-8-17/h5-15,21-22,25H,1-4H3/b20-13-. The van der Waals surface area contributed by atoms with Gasteiger partial charge in [0.2, 0.25) is 0 Å². The molecular formula is C22H26F2O. The van der Waals surface area contributed by atoms with Gasteiger partial charge in [-0.25, -0.2) is 8.78 Å². The molecule has 0 radical (unpaired) electrons. The van der Waals surface area contributed by atoms with E-state index in [2.05, 4.69) is 27.7 Å². The van der Waals surface area contributed by atoms with E-state index < -0.39 is 0 Å². The number of aliphatic hydroxyl groups excluding tert-OH is 1. The van der Waals surface area contributed by atoms with Crippen molar-refractivity contribution in [3.63, 3.8) is 0 Å². The summed E-state index contributed by atoms with van der Waals surface area (Å²) in [5.74, 6) is -0.0736. The van der Waals surface area contributed by atoms with E-state index in [1.165, 1.54) is 30.5 Å². The largest absolute Gasteiger partial charge is 0.516 e. The van der Waals surface area contributed by atoms with Crippen molar-refractivity contribution in [2.24, 2.45) is 17.8 Å². The van der Waals surface area contributed by atoms with E-state index >= 15 is 0 Å². The summed E-state index contributed by atoms with van der Waals surface area (Å²) in [5, 5.41) is 10.1. The van der Waals surface area contributed by atoms with E-state index in [1.807, 2.05) is 0 Å². The van der Waals surface area contributed by atoms with Crippen LogP contribution in [-0.4, -0.2) is 5.11 Å². The van der Waals surface area contributed by atoms with E-state index in [1.54, 1.807) is 24.3 Å². The first kappa shape index (κ1) is 19.2. The van der Waals surface area contributed by atoms with Crippen LogP contribution in [0.15, 0.2) is 60.4 Å². The highest BCUT2D eigenvalue weighted by atomic mass is 19.1. The van der Waals surface area contributed by atoms with Gasteiger partial charge < -0.3 is 5.11 Å². The maximum Gasteiger partial charge on any atom is 0.123 e. The van der Waals surface area contributed by atoms with Crippen molar-refractivity contribution in [1.29, 1.82) is 0 Å². The average Bonchev–Trinajstić information content (AvgIpc) is 2.56. The summed E-state index contributed by atoms with van der Waals surface area (Å²) in [6, 6.07) is 12.6. The Bertz CT molecular complexity index is 646. The van der Waals surface area contributed by atoms with Crippen LogP contribution in [0.25, 0.3) is 0 Å². The molecule has 1 N–H and O–H groups in total. The van der Waals surface area contributed by atoms with Crippen LogP contribution in [0.1, 0.15) is 44.7 Å². The van der Waals surface area contributed by atoms with E-state index in [0.29, 0.717) is 11.8 Å². The molecule has 2 aromatic rings. The summed E-state index contributed by atoms with van der Waals surface area (Å²) < 4.78 is 26.8. The lowest BCUT2D eigenvalue weighted by Crippen LogP contribution is -2.23. The summed E-state index contributed by atoms with van der Waals surface area (Å²) in [7, 11) is 0. The lowest BCUT2D eigenvalue weighted by atomic mass is 9.71. The van der Waals surface area contributed by atoms with E-state index in [0.717, 1.165) is 16.7 Å². The Balaban J connectivity index is 2.60. The van der Waals surface area contributed by atoms with Crippen LogP contribution in [0, 0.1) is 29.4 Å². The number of hydrogen-bond acceptors (Lipinski definition) is 1. The van der Waals surface area contributed by atoms with Crippen molar-refractivity contribution >= 4 is 0 Å². The fourth-order valence-electron chi connectivity index (χ4n) is 3.78. The molecule has 0 aliphatic carbocycles. The molecule has 0 saturated carbocycles. The van der Waals surface area contributed by atoms with Crippen LogP contribution in [0.5, 0.6) is 0 Å². The lowest BCUT2D eigenvalue weighted by Gasteiger charge is -2.33. The van der Waals surface area contributed by atoms with Gasteiger partial charge in [-0.15, -0.1) is 0 Å². The van der Waals surface area contributed by atoms with E-state index in [4.69, 9.17) is 0 Å². The summed E-state index contributed by atoms with van der Waals surface area (Å²) in [6.45, 7) is 8.50. The number of allylic oxidation sites excluding steroid dienone is 1. The minimum atomic E-state index is -0.305. The summed E-state index contributed by atoms with van der Waals surface area (Å²) in [5.41, 5.74) is 2.61. The molecule has 0 saturated heterocycles. The van der Waals surface area contributed by atoms with E-state index in [9.17, 15) is 13.9 Å². The Morgan fingerprint density at radius 2 is 1.12 bits per heavy atom. The number of benzene rings is 2. The van der Waals surface area contributed by atoms with Gasteiger partial charge in [-0.05, 0) is 58.7 Å². The van der Waals surface area contributed by atoms with Gasteiger partial charge in [-0.3, -0.25) is 0 Å². The Kier molecular flexibility index (Phi) is 6.35. The number of halogens is 2. The normalized spacial score (nSPS) is 12.6. The third kappa shape index (κ3) is 4.47. The van der Waals surface area contributed by atoms with Gasteiger partial charge >= 0.3 is 0 Å². The van der Waals surface area contributed by atoms with Crippen molar-refractivity contribution in [3.8, 4) is 0 Å². The third-order valence-corrected chi connectivity index (χ3v) is 4.71. The van der Waals surface area contributed by atoms with E-state index in [-0.39, 0.29) is 23.5 Å². The smallest absolute Gasteiger partial charge is 0.123 e. The fourth-order valence-corrected chi connectivity index (χ4v) is 3.78. The van der Waals surface area contributed by atoms with Gasteiger partial charge in [0.1, 0.15) is 11.6 Å².